The fourth-order valence-electron chi connectivity index (χ4n) is 4.53. The van der Waals surface area contributed by atoms with Crippen LogP contribution in [-0.4, -0.2) is 72.5 Å². The highest BCUT2D eigenvalue weighted by atomic mass is 16.2. The second-order valence-electron chi connectivity index (χ2n) is 8.24. The molecule has 0 aliphatic carbocycles. The van der Waals surface area contributed by atoms with Gasteiger partial charge in [-0.05, 0) is 50.0 Å². The number of benzene rings is 1. The summed E-state index contributed by atoms with van der Waals surface area (Å²) in [6.45, 7) is 13.9. The van der Waals surface area contributed by atoms with E-state index in [0.717, 1.165) is 65.2 Å². The van der Waals surface area contributed by atoms with Gasteiger partial charge in [0, 0.05) is 39.3 Å². The summed E-state index contributed by atoms with van der Waals surface area (Å²) < 4.78 is 0. The summed E-state index contributed by atoms with van der Waals surface area (Å²) in [6.07, 6.45) is 4.49. The van der Waals surface area contributed by atoms with Crippen molar-refractivity contribution in [3.63, 3.8) is 0 Å². The molecular formula is C23H38N4O. The summed E-state index contributed by atoms with van der Waals surface area (Å²) in [5, 5.41) is 3.24. The second-order valence-corrected chi connectivity index (χ2v) is 8.24. The summed E-state index contributed by atoms with van der Waals surface area (Å²) in [5.41, 5.74) is 2.61. The lowest BCUT2D eigenvalue weighted by atomic mass is 10.0. The van der Waals surface area contributed by atoms with Crippen molar-refractivity contribution < 1.29 is 4.79 Å². The molecule has 2 heterocycles. The van der Waals surface area contributed by atoms with E-state index < -0.39 is 0 Å². The Bertz CT molecular complexity index is 610. The van der Waals surface area contributed by atoms with Crippen LogP contribution in [0.25, 0.3) is 0 Å². The lowest BCUT2D eigenvalue weighted by Crippen LogP contribution is -2.49. The highest BCUT2D eigenvalue weighted by Gasteiger charge is 2.27. The van der Waals surface area contributed by atoms with Crippen molar-refractivity contribution >= 4 is 5.91 Å². The van der Waals surface area contributed by atoms with Crippen LogP contribution in [0.15, 0.2) is 24.3 Å². The zero-order chi connectivity index (χ0) is 19.8. The molecule has 1 atom stereocenters. The fraction of sp³-hybridized carbons (Fsp3) is 0.696. The predicted octanol–water partition coefficient (Wildman–Crippen LogP) is 2.70. The van der Waals surface area contributed by atoms with E-state index in [1.165, 1.54) is 24.0 Å². The van der Waals surface area contributed by atoms with Crippen LogP contribution in [0.2, 0.25) is 0 Å². The molecule has 2 aliphatic heterocycles. The van der Waals surface area contributed by atoms with Crippen LogP contribution >= 0.6 is 0 Å². The molecule has 0 spiro atoms. The van der Waals surface area contributed by atoms with Gasteiger partial charge in [-0.2, -0.15) is 0 Å². The van der Waals surface area contributed by atoms with Gasteiger partial charge in [0.25, 0.3) is 0 Å². The molecule has 1 aromatic rings. The number of carbonyl (C=O) groups is 1. The summed E-state index contributed by atoms with van der Waals surface area (Å²) in [4.78, 5) is 20.3. The average Bonchev–Trinajstić information content (AvgIpc) is 2.74. The first kappa shape index (κ1) is 21.3. The van der Waals surface area contributed by atoms with Crippen LogP contribution in [-0.2, 0) is 17.9 Å². The van der Waals surface area contributed by atoms with Crippen molar-refractivity contribution in [2.24, 2.45) is 0 Å². The van der Waals surface area contributed by atoms with Gasteiger partial charge in [-0.15, -0.1) is 0 Å². The quantitative estimate of drug-likeness (QED) is 0.746. The lowest BCUT2D eigenvalue weighted by Gasteiger charge is -2.35. The molecular weight excluding hydrogens is 348 g/mol. The number of likely N-dealkylation sites (N-methyl/N-ethyl adjacent to an activating group) is 1. The number of likely N-dealkylation sites (tertiary alicyclic amines) is 1. The van der Waals surface area contributed by atoms with Crippen LogP contribution in [0.3, 0.4) is 0 Å². The Morgan fingerprint density at radius 1 is 1.00 bits per heavy atom. The molecule has 0 aromatic heterocycles. The maximum absolute atomic E-state index is 12.9. The minimum absolute atomic E-state index is 0.0583. The van der Waals surface area contributed by atoms with E-state index in [2.05, 4.69) is 58.1 Å². The SMILES string of the molecule is CCCN1CCCCC1C(=O)NCc1ccccc1CN1CCN(CC)CC1. The average molecular weight is 387 g/mol. The first-order valence-electron chi connectivity index (χ1n) is 11.2. The first-order chi connectivity index (χ1) is 13.7. The molecule has 5 nitrogen and oxygen atoms in total. The number of piperidine rings is 1. The van der Waals surface area contributed by atoms with Crippen molar-refractivity contribution in [1.82, 2.24) is 20.0 Å². The Morgan fingerprint density at radius 2 is 1.71 bits per heavy atom. The van der Waals surface area contributed by atoms with Crippen LogP contribution in [0.4, 0.5) is 0 Å². The Kier molecular flexibility index (Phi) is 8.31. The van der Waals surface area contributed by atoms with E-state index >= 15 is 0 Å². The summed E-state index contributed by atoms with van der Waals surface area (Å²) in [5.74, 6) is 0.208. The van der Waals surface area contributed by atoms with Crippen molar-refractivity contribution in [1.29, 1.82) is 0 Å². The monoisotopic (exact) mass is 386 g/mol. The van der Waals surface area contributed by atoms with Gasteiger partial charge in [0.1, 0.15) is 0 Å². The van der Waals surface area contributed by atoms with E-state index in [0.29, 0.717) is 6.54 Å². The fourth-order valence-corrected chi connectivity index (χ4v) is 4.53. The van der Waals surface area contributed by atoms with E-state index in [9.17, 15) is 4.79 Å². The number of rotatable bonds is 8. The smallest absolute Gasteiger partial charge is 0.237 e. The second kappa shape index (κ2) is 10.9. The van der Waals surface area contributed by atoms with E-state index in [1.807, 2.05) is 0 Å². The Balaban J connectivity index is 1.55. The number of nitrogens with one attached hydrogen (secondary N) is 1. The number of hydrogen-bond acceptors (Lipinski definition) is 4. The molecule has 0 saturated carbocycles. The summed E-state index contributed by atoms with van der Waals surface area (Å²) in [6, 6.07) is 8.65. The van der Waals surface area contributed by atoms with Crippen molar-refractivity contribution in [3.8, 4) is 0 Å². The van der Waals surface area contributed by atoms with Crippen molar-refractivity contribution in [3.05, 3.63) is 35.4 Å². The molecule has 1 amide bonds. The number of hydrogen-bond donors (Lipinski definition) is 1. The van der Waals surface area contributed by atoms with Crippen LogP contribution in [0.5, 0.6) is 0 Å². The van der Waals surface area contributed by atoms with Crippen molar-refractivity contribution in [2.45, 2.75) is 58.7 Å². The number of carbonyl (C=O) groups excluding carboxylic acids is 1. The third-order valence-corrected chi connectivity index (χ3v) is 6.30. The Morgan fingerprint density at radius 3 is 2.43 bits per heavy atom. The van der Waals surface area contributed by atoms with E-state index in [1.54, 1.807) is 0 Å². The summed E-state index contributed by atoms with van der Waals surface area (Å²) in [7, 11) is 0. The number of nitrogens with zero attached hydrogens (tertiary/aromatic N) is 3. The highest BCUT2D eigenvalue weighted by Crippen LogP contribution is 2.18. The third kappa shape index (κ3) is 5.79. The molecule has 2 aliphatic rings. The number of piperazine rings is 1. The first-order valence-corrected chi connectivity index (χ1v) is 11.2. The highest BCUT2D eigenvalue weighted by molar-refractivity contribution is 5.81. The molecule has 2 fully saturated rings. The van der Waals surface area contributed by atoms with Gasteiger partial charge in [0.15, 0.2) is 0 Å². The van der Waals surface area contributed by atoms with Crippen LogP contribution < -0.4 is 5.32 Å². The predicted molar refractivity (Wildman–Crippen MR) is 115 cm³/mol. The zero-order valence-corrected chi connectivity index (χ0v) is 17.8. The molecule has 28 heavy (non-hydrogen) atoms. The lowest BCUT2D eigenvalue weighted by molar-refractivity contribution is -0.127. The molecule has 1 N–H and O–H groups in total. The maximum Gasteiger partial charge on any atom is 0.237 e. The van der Waals surface area contributed by atoms with Crippen LogP contribution in [0, 0.1) is 0 Å². The molecule has 5 heteroatoms. The maximum atomic E-state index is 12.9. The molecule has 0 radical (unpaired) electrons. The van der Waals surface area contributed by atoms with Gasteiger partial charge in [-0.1, -0.05) is 44.5 Å². The number of amides is 1. The van der Waals surface area contributed by atoms with Gasteiger partial charge in [0.2, 0.25) is 5.91 Å². The third-order valence-electron chi connectivity index (χ3n) is 6.30. The Labute approximate surface area is 171 Å². The topological polar surface area (TPSA) is 38.8 Å². The molecule has 3 rings (SSSR count). The molecule has 2 saturated heterocycles. The van der Waals surface area contributed by atoms with Gasteiger partial charge < -0.3 is 10.2 Å². The van der Waals surface area contributed by atoms with Gasteiger partial charge >= 0.3 is 0 Å². The van der Waals surface area contributed by atoms with E-state index in [4.69, 9.17) is 0 Å². The molecule has 1 unspecified atom stereocenters. The van der Waals surface area contributed by atoms with E-state index in [-0.39, 0.29) is 11.9 Å². The normalized spacial score (nSPS) is 22.3. The van der Waals surface area contributed by atoms with Crippen molar-refractivity contribution in [2.75, 3.05) is 45.8 Å². The minimum Gasteiger partial charge on any atom is -0.351 e. The standard InChI is InChI=1S/C23H38N4O/c1-3-12-27-13-8-7-11-22(27)23(28)24-18-20-9-5-6-10-21(20)19-26-16-14-25(4-2)15-17-26/h5-6,9-10,22H,3-4,7-8,11-19H2,1-2H3,(H,24,28). The molecule has 1 aromatic carbocycles. The molecule has 0 bridgehead atoms. The largest absolute Gasteiger partial charge is 0.351 e. The van der Waals surface area contributed by atoms with Gasteiger partial charge in [0.05, 0.1) is 6.04 Å². The molecule has 156 valence electrons. The minimum atomic E-state index is 0.0583. The van der Waals surface area contributed by atoms with Crippen LogP contribution in [0.1, 0.15) is 50.7 Å². The Hall–Kier alpha value is -1.43. The zero-order valence-electron chi connectivity index (χ0n) is 17.8. The van der Waals surface area contributed by atoms with Gasteiger partial charge in [-0.25, -0.2) is 0 Å². The summed E-state index contributed by atoms with van der Waals surface area (Å²) >= 11 is 0. The van der Waals surface area contributed by atoms with Gasteiger partial charge in [-0.3, -0.25) is 14.6 Å².